The lowest BCUT2D eigenvalue weighted by molar-refractivity contribution is 0.0697. The molecule has 0 amide bonds. The molecule has 0 radical (unpaired) electrons. The van der Waals surface area contributed by atoms with E-state index in [1.54, 1.807) is 13.2 Å². The van der Waals surface area contributed by atoms with E-state index in [0.29, 0.717) is 11.4 Å². The first kappa shape index (κ1) is 14.7. The quantitative estimate of drug-likeness (QED) is 0.768. The van der Waals surface area contributed by atoms with Crippen LogP contribution in [-0.2, 0) is 0 Å². The van der Waals surface area contributed by atoms with Gasteiger partial charge in [0.1, 0.15) is 5.75 Å². The third-order valence-corrected chi connectivity index (χ3v) is 3.53. The monoisotopic (exact) mass is 310 g/mol. The number of carboxylic acid groups (broad SMARTS) is 1. The summed E-state index contributed by atoms with van der Waals surface area (Å²) in [6.07, 6.45) is 0. The molecular weight excluding hydrogens is 296 g/mol. The molecule has 0 aliphatic carbocycles. The summed E-state index contributed by atoms with van der Waals surface area (Å²) in [5.74, 6) is 0.0855. The largest absolute Gasteiger partial charge is 0.497 e. The van der Waals surface area contributed by atoms with Gasteiger partial charge in [0.2, 0.25) is 5.82 Å². The molecule has 116 valence electrons. The van der Waals surface area contributed by atoms with E-state index in [4.69, 9.17) is 4.74 Å². The number of nitrogens with zero attached hydrogens (tertiary/aromatic N) is 3. The Labute approximate surface area is 131 Å². The van der Waals surface area contributed by atoms with E-state index < -0.39 is 5.97 Å². The second kappa shape index (κ2) is 5.88. The predicted octanol–water partition coefficient (Wildman–Crippen LogP) is 2.55. The molecule has 7 nitrogen and oxygen atoms in total. The summed E-state index contributed by atoms with van der Waals surface area (Å²) in [5, 5.41) is 23.1. The lowest BCUT2D eigenvalue weighted by Gasteiger charge is -2.10. The molecule has 0 aliphatic heterocycles. The molecule has 0 atom stereocenters. The predicted molar refractivity (Wildman–Crippen MR) is 83.3 cm³/mol. The first-order valence-electron chi connectivity index (χ1n) is 6.85. The summed E-state index contributed by atoms with van der Waals surface area (Å²) in [6, 6.07) is 10.6. The van der Waals surface area contributed by atoms with Crippen molar-refractivity contribution in [2.24, 2.45) is 0 Å². The molecule has 2 aromatic carbocycles. The Morgan fingerprint density at radius 2 is 1.96 bits per heavy atom. The number of aromatic amines is 1. The van der Waals surface area contributed by atoms with Crippen molar-refractivity contribution in [2.45, 2.75) is 6.92 Å². The highest BCUT2D eigenvalue weighted by atomic mass is 16.5. The van der Waals surface area contributed by atoms with E-state index in [1.807, 2.05) is 31.2 Å². The molecule has 7 heteroatoms. The molecule has 0 fully saturated rings. The SMILES string of the molecule is COc1ccc(-c2cc(C(=O)O)cc(-c3nn[nH]n3)c2)c(C)c1. The van der Waals surface area contributed by atoms with Gasteiger partial charge in [-0.15, -0.1) is 10.2 Å². The van der Waals surface area contributed by atoms with Gasteiger partial charge in [0.25, 0.3) is 0 Å². The zero-order valence-corrected chi connectivity index (χ0v) is 12.6. The Bertz CT molecular complexity index is 860. The maximum Gasteiger partial charge on any atom is 0.335 e. The van der Waals surface area contributed by atoms with Gasteiger partial charge in [-0.1, -0.05) is 6.07 Å². The molecule has 1 aromatic heterocycles. The lowest BCUT2D eigenvalue weighted by Crippen LogP contribution is -1.98. The van der Waals surface area contributed by atoms with Crippen molar-refractivity contribution in [1.29, 1.82) is 0 Å². The van der Waals surface area contributed by atoms with E-state index in [9.17, 15) is 9.90 Å². The van der Waals surface area contributed by atoms with Crippen molar-refractivity contribution < 1.29 is 14.6 Å². The minimum atomic E-state index is -1.01. The second-order valence-electron chi connectivity index (χ2n) is 5.02. The molecule has 0 saturated heterocycles. The Morgan fingerprint density at radius 1 is 1.17 bits per heavy atom. The van der Waals surface area contributed by atoms with Crippen LogP contribution in [0.2, 0.25) is 0 Å². The van der Waals surface area contributed by atoms with E-state index in [-0.39, 0.29) is 5.56 Å². The average Bonchev–Trinajstić information content (AvgIpc) is 3.08. The summed E-state index contributed by atoms with van der Waals surface area (Å²) in [6.45, 7) is 1.94. The molecule has 2 N–H and O–H groups in total. The van der Waals surface area contributed by atoms with Crippen LogP contribution in [0.15, 0.2) is 36.4 Å². The van der Waals surface area contributed by atoms with Crippen LogP contribution in [0.3, 0.4) is 0 Å². The Morgan fingerprint density at radius 3 is 2.57 bits per heavy atom. The van der Waals surface area contributed by atoms with Crippen LogP contribution in [0.1, 0.15) is 15.9 Å². The summed E-state index contributed by atoms with van der Waals surface area (Å²) < 4.78 is 5.20. The number of methoxy groups -OCH3 is 1. The first-order valence-corrected chi connectivity index (χ1v) is 6.85. The van der Waals surface area contributed by atoms with Crippen molar-refractivity contribution in [2.75, 3.05) is 7.11 Å². The van der Waals surface area contributed by atoms with Crippen LogP contribution >= 0.6 is 0 Å². The summed E-state index contributed by atoms with van der Waals surface area (Å²) in [4.78, 5) is 11.4. The molecule has 3 aromatic rings. The third kappa shape index (κ3) is 2.89. The summed E-state index contributed by atoms with van der Waals surface area (Å²) >= 11 is 0. The lowest BCUT2D eigenvalue weighted by atomic mass is 9.96. The van der Waals surface area contributed by atoms with Crippen LogP contribution < -0.4 is 4.74 Å². The van der Waals surface area contributed by atoms with Crippen molar-refractivity contribution in [1.82, 2.24) is 20.6 Å². The van der Waals surface area contributed by atoms with Gasteiger partial charge >= 0.3 is 5.97 Å². The van der Waals surface area contributed by atoms with E-state index in [1.165, 1.54) is 6.07 Å². The van der Waals surface area contributed by atoms with Gasteiger partial charge in [0, 0.05) is 5.56 Å². The van der Waals surface area contributed by atoms with Crippen LogP contribution in [0.25, 0.3) is 22.5 Å². The van der Waals surface area contributed by atoms with Crippen molar-refractivity contribution in [3.63, 3.8) is 0 Å². The van der Waals surface area contributed by atoms with Gasteiger partial charge in [-0.3, -0.25) is 0 Å². The van der Waals surface area contributed by atoms with Gasteiger partial charge < -0.3 is 9.84 Å². The minimum absolute atomic E-state index is 0.164. The van der Waals surface area contributed by atoms with Gasteiger partial charge in [-0.05, 0) is 59.2 Å². The smallest absolute Gasteiger partial charge is 0.335 e. The van der Waals surface area contributed by atoms with Gasteiger partial charge in [0.05, 0.1) is 12.7 Å². The van der Waals surface area contributed by atoms with Crippen LogP contribution in [0.4, 0.5) is 0 Å². The van der Waals surface area contributed by atoms with Crippen molar-refractivity contribution >= 4 is 5.97 Å². The zero-order chi connectivity index (χ0) is 16.4. The standard InChI is InChI=1S/C16H14N4O3/c1-9-5-13(23-2)3-4-14(9)10-6-11(15-17-19-20-18-15)8-12(7-10)16(21)22/h3-8H,1-2H3,(H,21,22)(H,17,18,19,20). The van der Waals surface area contributed by atoms with E-state index in [0.717, 1.165) is 22.4 Å². The third-order valence-electron chi connectivity index (χ3n) is 3.53. The number of aromatic carboxylic acids is 1. The zero-order valence-electron chi connectivity index (χ0n) is 12.6. The maximum absolute atomic E-state index is 11.4. The molecule has 0 bridgehead atoms. The second-order valence-corrected chi connectivity index (χ2v) is 5.02. The van der Waals surface area contributed by atoms with Crippen LogP contribution in [0.5, 0.6) is 5.75 Å². The number of benzene rings is 2. The maximum atomic E-state index is 11.4. The fourth-order valence-electron chi connectivity index (χ4n) is 2.41. The number of rotatable bonds is 4. The number of carbonyl (C=O) groups is 1. The molecule has 23 heavy (non-hydrogen) atoms. The van der Waals surface area contributed by atoms with Gasteiger partial charge in [0.15, 0.2) is 0 Å². The van der Waals surface area contributed by atoms with E-state index >= 15 is 0 Å². The number of ether oxygens (including phenoxy) is 1. The van der Waals surface area contributed by atoms with E-state index in [2.05, 4.69) is 20.6 Å². The number of tetrazole rings is 1. The Hall–Kier alpha value is -3.22. The van der Waals surface area contributed by atoms with Crippen molar-refractivity contribution in [3.05, 3.63) is 47.5 Å². The number of hydrogen-bond acceptors (Lipinski definition) is 5. The average molecular weight is 310 g/mol. The van der Waals surface area contributed by atoms with Crippen molar-refractivity contribution in [3.8, 4) is 28.3 Å². The Kier molecular flexibility index (Phi) is 3.76. The number of aryl methyl sites for hydroxylation is 1. The topological polar surface area (TPSA) is 101 Å². The Balaban J connectivity index is 2.17. The molecular formula is C16H14N4O3. The molecule has 0 unspecified atom stereocenters. The highest BCUT2D eigenvalue weighted by molar-refractivity contribution is 5.91. The molecule has 0 spiro atoms. The normalized spacial score (nSPS) is 10.5. The number of aromatic nitrogens is 4. The molecule has 3 rings (SSSR count). The van der Waals surface area contributed by atoms with Gasteiger partial charge in [-0.25, -0.2) is 4.79 Å². The number of H-pyrrole nitrogens is 1. The first-order chi connectivity index (χ1) is 11.1. The fraction of sp³-hybridized carbons (Fsp3) is 0.125. The molecule has 0 saturated carbocycles. The number of hydrogen-bond donors (Lipinski definition) is 2. The minimum Gasteiger partial charge on any atom is -0.497 e. The highest BCUT2D eigenvalue weighted by Crippen LogP contribution is 2.30. The highest BCUT2D eigenvalue weighted by Gasteiger charge is 2.13. The fourth-order valence-corrected chi connectivity index (χ4v) is 2.41. The summed E-state index contributed by atoms with van der Waals surface area (Å²) in [7, 11) is 1.61. The number of carboxylic acids is 1. The molecule has 1 heterocycles. The van der Waals surface area contributed by atoms with Crippen LogP contribution in [0, 0.1) is 6.92 Å². The number of nitrogens with one attached hydrogen (secondary N) is 1. The van der Waals surface area contributed by atoms with Gasteiger partial charge in [-0.2, -0.15) is 5.21 Å². The molecule has 0 aliphatic rings. The summed E-state index contributed by atoms with van der Waals surface area (Å²) in [5.41, 5.74) is 3.41. The van der Waals surface area contributed by atoms with Crippen LogP contribution in [-0.4, -0.2) is 38.8 Å².